The highest BCUT2D eigenvalue weighted by Crippen LogP contribution is 2.30. The molecule has 0 atom stereocenters. The molecule has 0 aliphatic heterocycles. The average Bonchev–Trinajstić information content (AvgIpc) is 2.62. The number of para-hydroxylation sites is 1. The third-order valence-corrected chi connectivity index (χ3v) is 3.92. The molecule has 0 saturated heterocycles. The molecule has 0 amide bonds. The molecule has 2 aromatic carbocycles. The van der Waals surface area contributed by atoms with Gasteiger partial charge in [0, 0.05) is 24.9 Å². The van der Waals surface area contributed by atoms with E-state index in [1.165, 1.54) is 5.56 Å². The van der Waals surface area contributed by atoms with Crippen LogP contribution >= 0.6 is 0 Å². The van der Waals surface area contributed by atoms with Crippen molar-refractivity contribution in [2.75, 3.05) is 38.3 Å². The monoisotopic (exact) mass is 357 g/mol. The lowest BCUT2D eigenvalue weighted by molar-refractivity contribution is 0.110. The van der Waals surface area contributed by atoms with Crippen LogP contribution in [0.5, 0.6) is 11.5 Å². The maximum Gasteiger partial charge on any atom is 0.123 e. The fraction of sp³-hybridized carbons (Fsp3) is 0.455. The summed E-state index contributed by atoms with van der Waals surface area (Å²) < 4.78 is 17.0. The molecule has 2 aromatic rings. The van der Waals surface area contributed by atoms with Crippen LogP contribution in [0.25, 0.3) is 0 Å². The van der Waals surface area contributed by atoms with E-state index in [1.807, 2.05) is 43.3 Å². The Morgan fingerprint density at radius 2 is 1.69 bits per heavy atom. The molecular weight excluding hydrogens is 326 g/mol. The molecule has 142 valence electrons. The number of benzene rings is 2. The van der Waals surface area contributed by atoms with Gasteiger partial charge in [0.2, 0.25) is 0 Å². The Bertz CT molecular complexity index is 664. The second-order valence-corrected chi connectivity index (χ2v) is 7.09. The summed E-state index contributed by atoms with van der Waals surface area (Å²) in [5.74, 6) is 1.79. The Labute approximate surface area is 157 Å². The Balaban J connectivity index is 1.80. The fourth-order valence-electron chi connectivity index (χ4n) is 2.63. The summed E-state index contributed by atoms with van der Waals surface area (Å²) in [6.07, 6.45) is 0. The minimum atomic E-state index is 0.0666. The van der Waals surface area contributed by atoms with Crippen molar-refractivity contribution in [3.63, 3.8) is 0 Å². The van der Waals surface area contributed by atoms with Gasteiger partial charge < -0.3 is 19.5 Å². The van der Waals surface area contributed by atoms with E-state index in [4.69, 9.17) is 14.2 Å². The highest BCUT2D eigenvalue weighted by molar-refractivity contribution is 5.48. The van der Waals surface area contributed by atoms with Crippen molar-refractivity contribution in [1.29, 1.82) is 0 Å². The van der Waals surface area contributed by atoms with Crippen LogP contribution in [0.4, 0.5) is 5.69 Å². The minimum Gasteiger partial charge on any atom is -0.491 e. The van der Waals surface area contributed by atoms with E-state index in [2.05, 4.69) is 38.2 Å². The van der Waals surface area contributed by atoms with Crippen LogP contribution in [0.1, 0.15) is 33.3 Å². The van der Waals surface area contributed by atoms with Crippen molar-refractivity contribution in [2.45, 2.75) is 33.1 Å². The van der Waals surface area contributed by atoms with E-state index in [9.17, 15) is 0 Å². The molecule has 0 saturated carbocycles. The Morgan fingerprint density at radius 1 is 0.885 bits per heavy atom. The van der Waals surface area contributed by atoms with Crippen LogP contribution in [-0.2, 0) is 10.2 Å². The lowest BCUT2D eigenvalue weighted by atomic mass is 9.86. The molecule has 1 N–H and O–H groups in total. The van der Waals surface area contributed by atoms with E-state index < -0.39 is 0 Å². The molecule has 0 unspecified atom stereocenters. The smallest absolute Gasteiger partial charge is 0.123 e. The van der Waals surface area contributed by atoms with Crippen LogP contribution in [0.15, 0.2) is 48.5 Å². The van der Waals surface area contributed by atoms with E-state index >= 15 is 0 Å². The zero-order chi connectivity index (χ0) is 18.8. The van der Waals surface area contributed by atoms with Gasteiger partial charge >= 0.3 is 0 Å². The highest BCUT2D eigenvalue weighted by Gasteiger charge is 2.18. The largest absolute Gasteiger partial charge is 0.491 e. The summed E-state index contributed by atoms with van der Waals surface area (Å²) in [6.45, 7) is 11.8. The van der Waals surface area contributed by atoms with Gasteiger partial charge in [0.1, 0.15) is 24.7 Å². The lowest BCUT2D eigenvalue weighted by Gasteiger charge is -2.22. The first kappa shape index (κ1) is 20.1. The predicted molar refractivity (Wildman–Crippen MR) is 108 cm³/mol. The number of hydrogen-bond donors (Lipinski definition) is 1. The van der Waals surface area contributed by atoms with E-state index in [1.54, 1.807) is 0 Å². The molecule has 26 heavy (non-hydrogen) atoms. The SMILES string of the molecule is CCOCCOc1cccc(NCCOc2ccccc2C(C)(C)C)c1. The summed E-state index contributed by atoms with van der Waals surface area (Å²) in [5, 5.41) is 3.38. The van der Waals surface area contributed by atoms with Gasteiger partial charge in [0.15, 0.2) is 0 Å². The summed E-state index contributed by atoms with van der Waals surface area (Å²) in [5.41, 5.74) is 2.31. The first-order valence-corrected chi connectivity index (χ1v) is 9.27. The molecule has 0 spiro atoms. The van der Waals surface area contributed by atoms with Crippen molar-refractivity contribution in [1.82, 2.24) is 0 Å². The first-order valence-electron chi connectivity index (χ1n) is 9.27. The fourth-order valence-corrected chi connectivity index (χ4v) is 2.63. The molecule has 4 heteroatoms. The maximum absolute atomic E-state index is 6.00. The highest BCUT2D eigenvalue weighted by atomic mass is 16.5. The molecule has 2 rings (SSSR count). The summed E-state index contributed by atoms with van der Waals surface area (Å²) >= 11 is 0. The minimum absolute atomic E-state index is 0.0666. The third-order valence-electron chi connectivity index (χ3n) is 3.92. The molecule has 4 nitrogen and oxygen atoms in total. The van der Waals surface area contributed by atoms with Gasteiger partial charge in [-0.25, -0.2) is 0 Å². The van der Waals surface area contributed by atoms with E-state index in [0.717, 1.165) is 23.7 Å². The van der Waals surface area contributed by atoms with Crippen LogP contribution in [-0.4, -0.2) is 33.0 Å². The van der Waals surface area contributed by atoms with Crippen molar-refractivity contribution in [3.05, 3.63) is 54.1 Å². The summed E-state index contributed by atoms with van der Waals surface area (Å²) in [6, 6.07) is 16.2. The van der Waals surface area contributed by atoms with Crippen molar-refractivity contribution in [3.8, 4) is 11.5 Å². The molecule has 0 aliphatic carbocycles. The Kier molecular flexibility index (Phi) is 7.79. The molecule has 0 fully saturated rings. The molecule has 0 bridgehead atoms. The molecule has 0 aromatic heterocycles. The standard InChI is InChI=1S/C22H31NO3/c1-5-24-15-16-25-19-10-8-9-18(17-19)23-13-14-26-21-12-7-6-11-20(21)22(2,3)4/h6-12,17,23H,5,13-16H2,1-4H3. The topological polar surface area (TPSA) is 39.7 Å². The molecule has 0 aliphatic rings. The number of ether oxygens (including phenoxy) is 3. The Morgan fingerprint density at radius 3 is 2.46 bits per heavy atom. The zero-order valence-corrected chi connectivity index (χ0v) is 16.4. The first-order chi connectivity index (χ1) is 12.5. The van der Waals surface area contributed by atoms with Gasteiger partial charge in [-0.2, -0.15) is 0 Å². The predicted octanol–water partition coefficient (Wildman–Crippen LogP) is 4.89. The second-order valence-electron chi connectivity index (χ2n) is 7.09. The van der Waals surface area contributed by atoms with Crippen LogP contribution in [0.3, 0.4) is 0 Å². The number of hydrogen-bond acceptors (Lipinski definition) is 4. The van der Waals surface area contributed by atoms with Gasteiger partial charge in [0.05, 0.1) is 6.61 Å². The number of rotatable bonds is 10. The van der Waals surface area contributed by atoms with Gasteiger partial charge in [0.25, 0.3) is 0 Å². The van der Waals surface area contributed by atoms with E-state index in [-0.39, 0.29) is 5.41 Å². The van der Waals surface area contributed by atoms with Crippen molar-refractivity contribution >= 4 is 5.69 Å². The third kappa shape index (κ3) is 6.60. The second kappa shape index (κ2) is 10.1. The summed E-state index contributed by atoms with van der Waals surface area (Å²) in [4.78, 5) is 0. The quantitative estimate of drug-likeness (QED) is 0.615. The van der Waals surface area contributed by atoms with Crippen LogP contribution < -0.4 is 14.8 Å². The van der Waals surface area contributed by atoms with Crippen LogP contribution in [0.2, 0.25) is 0 Å². The normalized spacial score (nSPS) is 11.2. The Hall–Kier alpha value is -2.20. The van der Waals surface area contributed by atoms with Gasteiger partial charge in [-0.3, -0.25) is 0 Å². The van der Waals surface area contributed by atoms with Crippen LogP contribution in [0, 0.1) is 0 Å². The number of nitrogens with one attached hydrogen (secondary N) is 1. The molecule has 0 radical (unpaired) electrons. The van der Waals surface area contributed by atoms with Gasteiger partial charge in [-0.1, -0.05) is 45.0 Å². The number of anilines is 1. The molecule has 0 heterocycles. The van der Waals surface area contributed by atoms with Gasteiger partial charge in [-0.05, 0) is 36.1 Å². The average molecular weight is 357 g/mol. The zero-order valence-electron chi connectivity index (χ0n) is 16.4. The van der Waals surface area contributed by atoms with Crippen molar-refractivity contribution in [2.24, 2.45) is 0 Å². The summed E-state index contributed by atoms with van der Waals surface area (Å²) in [7, 11) is 0. The molecular formula is C22H31NO3. The lowest BCUT2D eigenvalue weighted by Crippen LogP contribution is -2.16. The van der Waals surface area contributed by atoms with E-state index in [0.29, 0.717) is 26.4 Å². The maximum atomic E-state index is 6.00. The van der Waals surface area contributed by atoms with Gasteiger partial charge in [-0.15, -0.1) is 0 Å². The van der Waals surface area contributed by atoms with Crippen molar-refractivity contribution < 1.29 is 14.2 Å².